The van der Waals surface area contributed by atoms with Gasteiger partial charge in [-0.25, -0.2) is 0 Å². The third-order valence-electron chi connectivity index (χ3n) is 2.94. The van der Waals surface area contributed by atoms with Crippen LogP contribution < -0.4 is 15.4 Å². The van der Waals surface area contributed by atoms with E-state index in [0.29, 0.717) is 5.92 Å². The molecule has 0 heterocycles. The van der Waals surface area contributed by atoms with Gasteiger partial charge in [0, 0.05) is 19.3 Å². The fraction of sp³-hybridized carbons (Fsp3) is 0.538. The van der Waals surface area contributed by atoms with Crippen molar-refractivity contribution in [1.29, 1.82) is 0 Å². The lowest BCUT2D eigenvalue weighted by atomic mass is 10.1. The highest BCUT2D eigenvalue weighted by atomic mass is 79.9. The van der Waals surface area contributed by atoms with E-state index in [4.69, 9.17) is 10.5 Å². The molecule has 0 saturated heterocycles. The second-order valence-electron chi connectivity index (χ2n) is 4.37. The van der Waals surface area contributed by atoms with Crippen molar-refractivity contribution in [3.05, 3.63) is 22.7 Å². The first-order valence-corrected chi connectivity index (χ1v) is 6.62. The quantitative estimate of drug-likeness (QED) is 0.878. The van der Waals surface area contributed by atoms with E-state index in [9.17, 15) is 0 Å². The second-order valence-corrected chi connectivity index (χ2v) is 5.22. The first-order valence-electron chi connectivity index (χ1n) is 5.83. The first-order chi connectivity index (χ1) is 8.08. The van der Waals surface area contributed by atoms with Crippen LogP contribution >= 0.6 is 15.9 Å². The minimum atomic E-state index is 0.569. The van der Waals surface area contributed by atoms with Crippen LogP contribution in [0.4, 0.5) is 5.69 Å². The number of nitrogens with two attached hydrogens (primary N) is 1. The molecule has 17 heavy (non-hydrogen) atoms. The molecule has 96 valence electrons. The van der Waals surface area contributed by atoms with Crippen molar-refractivity contribution in [3.8, 4) is 5.75 Å². The summed E-state index contributed by atoms with van der Waals surface area (Å²) < 4.78 is 6.20. The van der Waals surface area contributed by atoms with E-state index in [1.165, 1.54) is 5.69 Å². The molecule has 0 aromatic heterocycles. The molecule has 0 aliphatic carbocycles. The van der Waals surface area contributed by atoms with Crippen LogP contribution in [-0.2, 0) is 0 Å². The summed E-state index contributed by atoms with van der Waals surface area (Å²) in [4.78, 5) is 2.23. The topological polar surface area (TPSA) is 38.5 Å². The number of benzene rings is 1. The normalized spacial score (nSPS) is 12.3. The Morgan fingerprint density at radius 1 is 1.47 bits per heavy atom. The van der Waals surface area contributed by atoms with Crippen LogP contribution in [0.1, 0.15) is 13.3 Å². The fourth-order valence-corrected chi connectivity index (χ4v) is 2.08. The van der Waals surface area contributed by atoms with Gasteiger partial charge >= 0.3 is 0 Å². The summed E-state index contributed by atoms with van der Waals surface area (Å²) >= 11 is 3.50. The van der Waals surface area contributed by atoms with Crippen LogP contribution in [0.2, 0.25) is 0 Å². The Kier molecular flexibility index (Phi) is 5.78. The molecule has 0 radical (unpaired) electrons. The summed E-state index contributed by atoms with van der Waals surface area (Å²) in [6, 6.07) is 6.12. The average Bonchev–Trinajstić information content (AvgIpc) is 2.35. The van der Waals surface area contributed by atoms with Crippen molar-refractivity contribution in [1.82, 2.24) is 0 Å². The largest absolute Gasteiger partial charge is 0.496 e. The number of nitrogens with zero attached hydrogens (tertiary/aromatic N) is 1. The van der Waals surface area contributed by atoms with Gasteiger partial charge < -0.3 is 15.4 Å². The molecule has 2 N–H and O–H groups in total. The molecule has 0 saturated carbocycles. The lowest BCUT2D eigenvalue weighted by Crippen LogP contribution is -2.22. The second kappa shape index (κ2) is 6.87. The summed E-state index contributed by atoms with van der Waals surface area (Å²) in [6.45, 7) is 3.94. The van der Waals surface area contributed by atoms with Crippen LogP contribution in [0, 0.1) is 5.92 Å². The smallest absolute Gasteiger partial charge is 0.133 e. The summed E-state index contributed by atoms with van der Waals surface area (Å²) in [5.41, 5.74) is 6.80. The van der Waals surface area contributed by atoms with Gasteiger partial charge in [0.05, 0.1) is 11.6 Å². The minimum Gasteiger partial charge on any atom is -0.496 e. The standard InChI is InChI=1S/C13H21BrN2O/c1-10(9-15)6-7-16(2)11-4-5-13(17-3)12(14)8-11/h4-5,8,10H,6-7,9,15H2,1-3H3. The molecule has 1 aromatic rings. The van der Waals surface area contributed by atoms with Crippen LogP contribution in [0.25, 0.3) is 0 Å². The van der Waals surface area contributed by atoms with Crippen molar-refractivity contribution in [2.45, 2.75) is 13.3 Å². The molecule has 0 fully saturated rings. The molecule has 4 heteroatoms. The molecule has 0 aliphatic rings. The number of hydrogen-bond donors (Lipinski definition) is 1. The van der Waals surface area contributed by atoms with Crippen molar-refractivity contribution in [2.24, 2.45) is 11.7 Å². The zero-order valence-electron chi connectivity index (χ0n) is 10.7. The number of ether oxygens (including phenoxy) is 1. The van der Waals surface area contributed by atoms with Crippen molar-refractivity contribution >= 4 is 21.6 Å². The van der Waals surface area contributed by atoms with E-state index >= 15 is 0 Å². The average molecular weight is 301 g/mol. The Labute approximate surface area is 112 Å². The molecular formula is C13H21BrN2O. The van der Waals surface area contributed by atoms with Gasteiger partial charge in [-0.1, -0.05) is 6.92 Å². The van der Waals surface area contributed by atoms with Crippen LogP contribution in [0.5, 0.6) is 5.75 Å². The molecule has 3 nitrogen and oxygen atoms in total. The van der Waals surface area contributed by atoms with Gasteiger partial charge in [-0.3, -0.25) is 0 Å². The highest BCUT2D eigenvalue weighted by molar-refractivity contribution is 9.10. The highest BCUT2D eigenvalue weighted by Gasteiger charge is 2.07. The monoisotopic (exact) mass is 300 g/mol. The van der Waals surface area contributed by atoms with E-state index < -0.39 is 0 Å². The van der Waals surface area contributed by atoms with Gasteiger partial charge in [0.25, 0.3) is 0 Å². The third-order valence-corrected chi connectivity index (χ3v) is 3.56. The number of methoxy groups -OCH3 is 1. The SMILES string of the molecule is COc1ccc(N(C)CCC(C)CN)cc1Br. The number of rotatable bonds is 6. The van der Waals surface area contributed by atoms with Crippen LogP contribution in [0.3, 0.4) is 0 Å². The maximum absolute atomic E-state index is 5.62. The van der Waals surface area contributed by atoms with E-state index in [-0.39, 0.29) is 0 Å². The van der Waals surface area contributed by atoms with Crippen molar-refractivity contribution in [3.63, 3.8) is 0 Å². The summed E-state index contributed by atoms with van der Waals surface area (Å²) in [5.74, 6) is 1.43. The molecule has 0 spiro atoms. The maximum atomic E-state index is 5.62. The van der Waals surface area contributed by atoms with E-state index in [1.807, 2.05) is 6.07 Å². The molecule has 1 aromatic carbocycles. The Morgan fingerprint density at radius 3 is 2.71 bits per heavy atom. The zero-order valence-corrected chi connectivity index (χ0v) is 12.3. The predicted molar refractivity (Wildman–Crippen MR) is 76.8 cm³/mol. The Hall–Kier alpha value is -0.740. The molecular weight excluding hydrogens is 280 g/mol. The van der Waals surface area contributed by atoms with Gasteiger partial charge in [0.2, 0.25) is 0 Å². The molecule has 1 unspecified atom stereocenters. The van der Waals surface area contributed by atoms with Gasteiger partial charge in [0.1, 0.15) is 5.75 Å². The van der Waals surface area contributed by atoms with E-state index in [0.717, 1.165) is 29.7 Å². The van der Waals surface area contributed by atoms with Crippen molar-refractivity contribution < 1.29 is 4.74 Å². The summed E-state index contributed by atoms with van der Waals surface area (Å²) in [6.07, 6.45) is 1.11. The fourth-order valence-electron chi connectivity index (χ4n) is 1.55. The molecule has 1 atom stereocenters. The summed E-state index contributed by atoms with van der Waals surface area (Å²) in [5, 5.41) is 0. The molecule has 1 rings (SSSR count). The van der Waals surface area contributed by atoms with Gasteiger partial charge in [-0.2, -0.15) is 0 Å². The Bertz CT molecular complexity index is 357. The van der Waals surface area contributed by atoms with Gasteiger partial charge in [-0.15, -0.1) is 0 Å². The zero-order chi connectivity index (χ0) is 12.8. The lowest BCUT2D eigenvalue weighted by Gasteiger charge is -2.21. The van der Waals surface area contributed by atoms with E-state index in [2.05, 4.69) is 46.9 Å². The predicted octanol–water partition coefficient (Wildman–Crippen LogP) is 2.88. The lowest BCUT2D eigenvalue weighted by molar-refractivity contribution is 0.412. The minimum absolute atomic E-state index is 0.569. The Balaban J connectivity index is 2.63. The Morgan fingerprint density at radius 2 is 2.18 bits per heavy atom. The first kappa shape index (κ1) is 14.3. The maximum Gasteiger partial charge on any atom is 0.133 e. The van der Waals surface area contributed by atoms with E-state index in [1.54, 1.807) is 7.11 Å². The number of hydrogen-bond acceptors (Lipinski definition) is 3. The van der Waals surface area contributed by atoms with Crippen molar-refractivity contribution in [2.75, 3.05) is 32.1 Å². The van der Waals surface area contributed by atoms with Gasteiger partial charge in [-0.05, 0) is 53.0 Å². The number of anilines is 1. The highest BCUT2D eigenvalue weighted by Crippen LogP contribution is 2.29. The molecule has 0 bridgehead atoms. The van der Waals surface area contributed by atoms with Crippen LogP contribution in [0.15, 0.2) is 22.7 Å². The number of halogens is 1. The summed E-state index contributed by atoms with van der Waals surface area (Å²) in [7, 11) is 3.77. The molecule has 0 amide bonds. The van der Waals surface area contributed by atoms with Crippen LogP contribution in [-0.4, -0.2) is 27.2 Å². The van der Waals surface area contributed by atoms with Gasteiger partial charge in [0.15, 0.2) is 0 Å². The third kappa shape index (κ3) is 4.21. The molecule has 0 aliphatic heterocycles.